The number of benzene rings is 1. The highest BCUT2D eigenvalue weighted by Gasteiger charge is 2.31. The molecule has 2 rings (SSSR count). The minimum absolute atomic E-state index is 0.167. The smallest absolute Gasteiger partial charge is 0.0692 e. The molecule has 2 heteroatoms. The molecule has 0 spiro atoms. The molecule has 0 amide bonds. The van der Waals surface area contributed by atoms with E-state index in [1.54, 1.807) is 0 Å². The molecule has 1 aromatic rings. The van der Waals surface area contributed by atoms with Crippen molar-refractivity contribution in [1.29, 1.82) is 0 Å². The molecular weight excluding hydrogens is 246 g/mol. The first kappa shape index (κ1) is 15.5. The summed E-state index contributed by atoms with van der Waals surface area (Å²) in [5.41, 5.74) is 1.44. The Balaban J connectivity index is 1.97. The maximum Gasteiger partial charge on any atom is 0.0692 e. The van der Waals surface area contributed by atoms with E-state index < -0.39 is 0 Å². The van der Waals surface area contributed by atoms with E-state index in [0.29, 0.717) is 6.04 Å². The first-order valence-corrected chi connectivity index (χ1v) is 8.20. The zero-order chi connectivity index (χ0) is 14.4. The number of nitrogens with zero attached hydrogens (tertiary/aromatic N) is 1. The van der Waals surface area contributed by atoms with Gasteiger partial charge in [0.15, 0.2) is 0 Å². The summed E-state index contributed by atoms with van der Waals surface area (Å²) >= 11 is 0. The lowest BCUT2D eigenvalue weighted by Gasteiger charge is -2.41. The van der Waals surface area contributed by atoms with E-state index in [-0.39, 0.29) is 6.10 Å². The summed E-state index contributed by atoms with van der Waals surface area (Å²) in [4.78, 5) is 2.51. The lowest BCUT2D eigenvalue weighted by atomic mass is 9.83. The van der Waals surface area contributed by atoms with Gasteiger partial charge in [0.2, 0.25) is 0 Å². The molecule has 1 heterocycles. The van der Waals surface area contributed by atoms with Gasteiger partial charge in [0.1, 0.15) is 0 Å². The molecule has 0 aromatic heterocycles. The van der Waals surface area contributed by atoms with Crippen LogP contribution in [-0.4, -0.2) is 35.2 Å². The predicted octanol–water partition coefficient (Wildman–Crippen LogP) is 3.49. The molecule has 0 bridgehead atoms. The van der Waals surface area contributed by atoms with Gasteiger partial charge in [-0.25, -0.2) is 0 Å². The van der Waals surface area contributed by atoms with E-state index in [2.05, 4.69) is 49.1 Å². The third kappa shape index (κ3) is 4.07. The van der Waals surface area contributed by atoms with Crippen molar-refractivity contribution in [2.45, 2.75) is 58.1 Å². The molecule has 112 valence electrons. The Bertz CT molecular complexity index is 378. The van der Waals surface area contributed by atoms with Crippen LogP contribution >= 0.6 is 0 Å². The maximum atomic E-state index is 10.3. The fourth-order valence-electron chi connectivity index (χ4n) is 3.49. The van der Waals surface area contributed by atoms with Crippen LogP contribution in [0.5, 0.6) is 0 Å². The van der Waals surface area contributed by atoms with E-state index in [0.717, 1.165) is 38.3 Å². The molecular formula is C18H29NO. The zero-order valence-electron chi connectivity index (χ0n) is 13.0. The standard InChI is InChI=1S/C18H29NO/c1-3-11-19-12-10-16(14-17(19)18(20)4-2)13-15-8-6-5-7-9-15/h5-9,16-18,20H,3-4,10-14H2,1-2H3/t16-,17?,18+/m1/s1. The third-order valence-electron chi connectivity index (χ3n) is 4.61. The molecule has 0 radical (unpaired) electrons. The zero-order valence-corrected chi connectivity index (χ0v) is 13.0. The second-order valence-electron chi connectivity index (χ2n) is 6.16. The van der Waals surface area contributed by atoms with Gasteiger partial charge in [0.05, 0.1) is 6.10 Å². The Morgan fingerprint density at radius 1 is 1.25 bits per heavy atom. The van der Waals surface area contributed by atoms with Gasteiger partial charge in [0, 0.05) is 6.04 Å². The predicted molar refractivity (Wildman–Crippen MR) is 84.8 cm³/mol. The second-order valence-corrected chi connectivity index (χ2v) is 6.16. The van der Waals surface area contributed by atoms with Crippen LogP contribution in [0.15, 0.2) is 30.3 Å². The molecule has 0 saturated carbocycles. The largest absolute Gasteiger partial charge is 0.392 e. The van der Waals surface area contributed by atoms with Crippen molar-refractivity contribution in [3.63, 3.8) is 0 Å². The van der Waals surface area contributed by atoms with Crippen molar-refractivity contribution in [2.75, 3.05) is 13.1 Å². The van der Waals surface area contributed by atoms with Gasteiger partial charge >= 0.3 is 0 Å². The molecule has 20 heavy (non-hydrogen) atoms. The summed E-state index contributed by atoms with van der Waals surface area (Å²) in [5.74, 6) is 0.719. The fourth-order valence-corrected chi connectivity index (χ4v) is 3.49. The Hall–Kier alpha value is -0.860. The summed E-state index contributed by atoms with van der Waals surface area (Å²) in [6, 6.07) is 11.1. The van der Waals surface area contributed by atoms with Crippen molar-refractivity contribution in [1.82, 2.24) is 4.90 Å². The molecule has 1 unspecified atom stereocenters. The first-order chi connectivity index (χ1) is 9.74. The van der Waals surface area contributed by atoms with Crippen LogP contribution in [0.3, 0.4) is 0 Å². The highest BCUT2D eigenvalue weighted by Crippen LogP contribution is 2.28. The molecule has 1 N–H and O–H groups in total. The van der Waals surface area contributed by atoms with Gasteiger partial charge in [-0.05, 0) is 56.7 Å². The summed E-state index contributed by atoms with van der Waals surface area (Å²) in [6.45, 7) is 6.59. The monoisotopic (exact) mass is 275 g/mol. The van der Waals surface area contributed by atoms with E-state index in [4.69, 9.17) is 0 Å². The molecule has 1 aromatic carbocycles. The number of hydrogen-bond acceptors (Lipinski definition) is 2. The van der Waals surface area contributed by atoms with Crippen LogP contribution in [0.25, 0.3) is 0 Å². The lowest BCUT2D eigenvalue weighted by molar-refractivity contribution is 0.00732. The van der Waals surface area contributed by atoms with Crippen LogP contribution < -0.4 is 0 Å². The minimum atomic E-state index is -0.167. The normalized spacial score (nSPS) is 25.6. The van der Waals surface area contributed by atoms with Crippen molar-refractivity contribution >= 4 is 0 Å². The Morgan fingerprint density at radius 3 is 2.65 bits per heavy atom. The minimum Gasteiger partial charge on any atom is -0.392 e. The number of aliphatic hydroxyl groups is 1. The average Bonchev–Trinajstić information content (AvgIpc) is 2.49. The van der Waals surface area contributed by atoms with Crippen LogP contribution in [0, 0.1) is 5.92 Å². The van der Waals surface area contributed by atoms with Crippen LogP contribution in [0.2, 0.25) is 0 Å². The number of hydrogen-bond donors (Lipinski definition) is 1. The molecule has 1 aliphatic heterocycles. The molecule has 0 aliphatic carbocycles. The van der Waals surface area contributed by atoms with Crippen molar-refractivity contribution in [3.05, 3.63) is 35.9 Å². The molecule has 1 fully saturated rings. The van der Waals surface area contributed by atoms with Crippen molar-refractivity contribution in [2.24, 2.45) is 5.92 Å². The fraction of sp³-hybridized carbons (Fsp3) is 0.667. The number of aliphatic hydroxyl groups excluding tert-OH is 1. The SMILES string of the molecule is CCCN1CC[C@H](Cc2ccccc2)CC1[C@@H](O)CC. The highest BCUT2D eigenvalue weighted by molar-refractivity contribution is 5.15. The topological polar surface area (TPSA) is 23.5 Å². The summed E-state index contributed by atoms with van der Waals surface area (Å²) < 4.78 is 0. The van der Waals surface area contributed by atoms with Gasteiger partial charge in [-0.3, -0.25) is 4.90 Å². The van der Waals surface area contributed by atoms with E-state index in [1.165, 1.54) is 18.4 Å². The van der Waals surface area contributed by atoms with E-state index in [1.807, 2.05) is 0 Å². The summed E-state index contributed by atoms with van der Waals surface area (Å²) in [7, 11) is 0. The number of rotatable bonds is 6. The van der Waals surface area contributed by atoms with Crippen LogP contribution in [-0.2, 0) is 6.42 Å². The average molecular weight is 275 g/mol. The van der Waals surface area contributed by atoms with Crippen molar-refractivity contribution in [3.8, 4) is 0 Å². The van der Waals surface area contributed by atoms with Gasteiger partial charge in [0.25, 0.3) is 0 Å². The van der Waals surface area contributed by atoms with E-state index >= 15 is 0 Å². The Kier molecular flexibility index (Phi) is 6.06. The lowest BCUT2D eigenvalue weighted by Crippen LogP contribution is -2.49. The molecule has 2 nitrogen and oxygen atoms in total. The maximum absolute atomic E-state index is 10.3. The number of likely N-dealkylation sites (tertiary alicyclic amines) is 1. The van der Waals surface area contributed by atoms with Gasteiger partial charge < -0.3 is 5.11 Å². The summed E-state index contributed by atoms with van der Waals surface area (Å²) in [5, 5.41) is 10.3. The van der Waals surface area contributed by atoms with Crippen LogP contribution in [0.4, 0.5) is 0 Å². The van der Waals surface area contributed by atoms with E-state index in [9.17, 15) is 5.11 Å². The summed E-state index contributed by atoms with van der Waals surface area (Å²) in [6.07, 6.45) is 5.44. The van der Waals surface area contributed by atoms with Gasteiger partial charge in [-0.2, -0.15) is 0 Å². The molecule has 1 aliphatic rings. The van der Waals surface area contributed by atoms with Crippen LogP contribution in [0.1, 0.15) is 45.1 Å². The molecule has 1 saturated heterocycles. The molecule has 3 atom stereocenters. The van der Waals surface area contributed by atoms with Crippen molar-refractivity contribution < 1.29 is 5.11 Å². The first-order valence-electron chi connectivity index (χ1n) is 8.20. The Morgan fingerprint density at radius 2 is 2.00 bits per heavy atom. The quantitative estimate of drug-likeness (QED) is 0.859. The van der Waals surface area contributed by atoms with Gasteiger partial charge in [-0.1, -0.05) is 44.2 Å². The van der Waals surface area contributed by atoms with Gasteiger partial charge in [-0.15, -0.1) is 0 Å². The Labute approximate surface area is 123 Å². The number of piperidine rings is 1. The second kappa shape index (κ2) is 7.80. The third-order valence-corrected chi connectivity index (χ3v) is 4.61. The highest BCUT2D eigenvalue weighted by atomic mass is 16.3.